The molecule has 1 aliphatic rings. The largest absolute Gasteiger partial charge is 0.342 e. The van der Waals surface area contributed by atoms with Gasteiger partial charge in [0.05, 0.1) is 5.92 Å². The fourth-order valence-corrected chi connectivity index (χ4v) is 3.47. The van der Waals surface area contributed by atoms with Crippen LogP contribution >= 0.6 is 0 Å². The first-order valence-electron chi connectivity index (χ1n) is 9.36. The van der Waals surface area contributed by atoms with Crippen LogP contribution in [0.15, 0.2) is 48.5 Å². The Bertz CT molecular complexity index is 835. The molecule has 2 aromatic carbocycles. The van der Waals surface area contributed by atoms with Gasteiger partial charge < -0.3 is 10.2 Å². The van der Waals surface area contributed by atoms with Gasteiger partial charge in [-0.25, -0.2) is 4.39 Å². The lowest BCUT2D eigenvalue weighted by atomic mass is 10.0. The summed E-state index contributed by atoms with van der Waals surface area (Å²) in [6.45, 7) is 4.96. The summed E-state index contributed by atoms with van der Waals surface area (Å²) in [6.07, 6.45) is 0.649. The highest BCUT2D eigenvalue weighted by atomic mass is 19.1. The number of halogens is 1. The summed E-state index contributed by atoms with van der Waals surface area (Å²) >= 11 is 0. The number of likely N-dealkylation sites (tertiary alicyclic amines) is 1. The van der Waals surface area contributed by atoms with Crippen LogP contribution in [0, 0.1) is 11.7 Å². The molecule has 1 unspecified atom stereocenters. The first kappa shape index (κ1) is 19.1. The van der Waals surface area contributed by atoms with E-state index in [1.807, 2.05) is 24.3 Å². The van der Waals surface area contributed by atoms with Crippen LogP contribution < -0.4 is 5.32 Å². The van der Waals surface area contributed by atoms with Crippen molar-refractivity contribution in [2.24, 2.45) is 5.92 Å². The number of benzene rings is 2. The Morgan fingerprint density at radius 1 is 1.19 bits per heavy atom. The number of hydrogen-bond acceptors (Lipinski definition) is 2. The fraction of sp³-hybridized carbons (Fsp3) is 0.364. The van der Waals surface area contributed by atoms with Crippen LogP contribution in [0.5, 0.6) is 0 Å². The van der Waals surface area contributed by atoms with Crippen LogP contribution in [0.4, 0.5) is 10.1 Å². The Morgan fingerprint density at radius 2 is 1.89 bits per heavy atom. The van der Waals surface area contributed by atoms with Gasteiger partial charge in [0, 0.05) is 25.2 Å². The average molecular weight is 368 g/mol. The molecule has 3 rings (SSSR count). The standard InChI is InChI=1S/C22H25FN2O2/c1-15(2)18-8-4-6-10-20(18)24-22(27)17-13-21(26)25(14-17)12-11-16-7-3-5-9-19(16)23/h3-10,15,17H,11-14H2,1-2H3,(H,24,27). The molecule has 0 bridgehead atoms. The Labute approximate surface area is 159 Å². The molecule has 1 heterocycles. The number of hydrogen-bond donors (Lipinski definition) is 1. The maximum Gasteiger partial charge on any atom is 0.229 e. The predicted octanol–water partition coefficient (Wildman–Crippen LogP) is 3.98. The molecule has 0 aromatic heterocycles. The minimum Gasteiger partial charge on any atom is -0.342 e. The SMILES string of the molecule is CC(C)c1ccccc1NC(=O)C1CC(=O)N(CCc2ccccc2F)C1. The van der Waals surface area contributed by atoms with E-state index >= 15 is 0 Å². The number of amides is 2. The molecule has 5 heteroatoms. The van der Waals surface area contributed by atoms with Gasteiger partial charge >= 0.3 is 0 Å². The van der Waals surface area contributed by atoms with Crippen molar-refractivity contribution in [1.82, 2.24) is 4.90 Å². The molecule has 4 nitrogen and oxygen atoms in total. The molecular weight excluding hydrogens is 343 g/mol. The summed E-state index contributed by atoms with van der Waals surface area (Å²) in [4.78, 5) is 26.6. The van der Waals surface area contributed by atoms with Crippen molar-refractivity contribution in [3.63, 3.8) is 0 Å². The monoisotopic (exact) mass is 368 g/mol. The van der Waals surface area contributed by atoms with E-state index in [2.05, 4.69) is 19.2 Å². The molecule has 1 atom stereocenters. The van der Waals surface area contributed by atoms with Gasteiger partial charge in [0.15, 0.2) is 0 Å². The number of para-hydroxylation sites is 1. The molecule has 27 heavy (non-hydrogen) atoms. The lowest BCUT2D eigenvalue weighted by Gasteiger charge is -2.18. The molecule has 0 spiro atoms. The van der Waals surface area contributed by atoms with Crippen LogP contribution in [0.3, 0.4) is 0 Å². The van der Waals surface area contributed by atoms with Gasteiger partial charge in [0.2, 0.25) is 11.8 Å². The molecule has 0 radical (unpaired) electrons. The third-order valence-electron chi connectivity index (χ3n) is 5.03. The number of anilines is 1. The zero-order chi connectivity index (χ0) is 19.4. The van der Waals surface area contributed by atoms with Crippen molar-refractivity contribution < 1.29 is 14.0 Å². The van der Waals surface area contributed by atoms with Crippen molar-refractivity contribution in [3.05, 3.63) is 65.5 Å². The predicted molar refractivity (Wildman–Crippen MR) is 104 cm³/mol. The first-order valence-corrected chi connectivity index (χ1v) is 9.36. The summed E-state index contributed by atoms with van der Waals surface area (Å²) in [6, 6.07) is 14.3. The molecule has 2 amide bonds. The van der Waals surface area contributed by atoms with Crippen molar-refractivity contribution in [1.29, 1.82) is 0 Å². The summed E-state index contributed by atoms with van der Waals surface area (Å²) in [5.41, 5.74) is 2.46. The van der Waals surface area contributed by atoms with Gasteiger partial charge in [0.1, 0.15) is 5.82 Å². The highest BCUT2D eigenvalue weighted by Gasteiger charge is 2.34. The van der Waals surface area contributed by atoms with E-state index in [1.54, 1.807) is 23.1 Å². The molecule has 1 N–H and O–H groups in total. The van der Waals surface area contributed by atoms with Gasteiger partial charge in [0.25, 0.3) is 0 Å². The minimum absolute atomic E-state index is 0.0522. The van der Waals surface area contributed by atoms with Gasteiger partial charge in [-0.15, -0.1) is 0 Å². The van der Waals surface area contributed by atoms with E-state index in [4.69, 9.17) is 0 Å². The van der Waals surface area contributed by atoms with Crippen LogP contribution in [-0.4, -0.2) is 29.8 Å². The van der Waals surface area contributed by atoms with Crippen LogP contribution in [0.2, 0.25) is 0 Å². The van der Waals surface area contributed by atoms with E-state index in [0.717, 1.165) is 11.3 Å². The average Bonchev–Trinajstić information content (AvgIpc) is 3.02. The van der Waals surface area contributed by atoms with E-state index in [-0.39, 0.29) is 30.0 Å². The summed E-state index contributed by atoms with van der Waals surface area (Å²) in [7, 11) is 0. The van der Waals surface area contributed by atoms with Crippen LogP contribution in [0.1, 0.15) is 37.3 Å². The Kier molecular flexibility index (Phi) is 5.89. The second-order valence-corrected chi connectivity index (χ2v) is 7.31. The maximum atomic E-state index is 13.7. The van der Waals surface area contributed by atoms with Crippen LogP contribution in [0.25, 0.3) is 0 Å². The lowest BCUT2D eigenvalue weighted by Crippen LogP contribution is -2.30. The molecule has 2 aromatic rings. The molecule has 1 fully saturated rings. The summed E-state index contributed by atoms with van der Waals surface area (Å²) < 4.78 is 13.7. The summed E-state index contributed by atoms with van der Waals surface area (Å²) in [5, 5.41) is 2.98. The number of carbonyl (C=O) groups excluding carboxylic acids is 2. The Hall–Kier alpha value is -2.69. The maximum absolute atomic E-state index is 13.7. The first-order chi connectivity index (χ1) is 13.0. The zero-order valence-electron chi connectivity index (χ0n) is 15.7. The smallest absolute Gasteiger partial charge is 0.229 e. The quantitative estimate of drug-likeness (QED) is 0.838. The van der Waals surface area contributed by atoms with Crippen molar-refractivity contribution in [2.45, 2.75) is 32.6 Å². The normalized spacial score (nSPS) is 16.8. The van der Waals surface area contributed by atoms with Gasteiger partial charge in [-0.2, -0.15) is 0 Å². The Balaban J connectivity index is 1.60. The molecule has 142 valence electrons. The van der Waals surface area contributed by atoms with E-state index in [9.17, 15) is 14.0 Å². The molecule has 1 saturated heterocycles. The van der Waals surface area contributed by atoms with E-state index in [1.165, 1.54) is 6.07 Å². The second kappa shape index (κ2) is 8.33. The Morgan fingerprint density at radius 3 is 2.63 bits per heavy atom. The molecule has 0 saturated carbocycles. The number of rotatable bonds is 6. The van der Waals surface area contributed by atoms with Gasteiger partial charge in [-0.1, -0.05) is 50.2 Å². The summed E-state index contributed by atoms with van der Waals surface area (Å²) in [5.74, 6) is -0.528. The second-order valence-electron chi connectivity index (χ2n) is 7.31. The zero-order valence-corrected chi connectivity index (χ0v) is 15.7. The fourth-order valence-electron chi connectivity index (χ4n) is 3.47. The molecular formula is C22H25FN2O2. The van der Waals surface area contributed by atoms with Gasteiger partial charge in [-0.3, -0.25) is 9.59 Å². The number of nitrogens with zero attached hydrogens (tertiary/aromatic N) is 1. The molecule has 0 aliphatic carbocycles. The topological polar surface area (TPSA) is 49.4 Å². The highest BCUT2D eigenvalue weighted by molar-refractivity contribution is 5.97. The third kappa shape index (κ3) is 4.54. The third-order valence-corrected chi connectivity index (χ3v) is 5.03. The van der Waals surface area contributed by atoms with E-state index < -0.39 is 0 Å². The highest BCUT2D eigenvalue weighted by Crippen LogP contribution is 2.26. The van der Waals surface area contributed by atoms with Crippen molar-refractivity contribution in [2.75, 3.05) is 18.4 Å². The van der Waals surface area contributed by atoms with E-state index in [0.29, 0.717) is 31.0 Å². The van der Waals surface area contributed by atoms with Crippen molar-refractivity contribution in [3.8, 4) is 0 Å². The number of nitrogens with one attached hydrogen (secondary N) is 1. The molecule has 1 aliphatic heterocycles. The van der Waals surface area contributed by atoms with Gasteiger partial charge in [-0.05, 0) is 35.6 Å². The minimum atomic E-state index is -0.377. The van der Waals surface area contributed by atoms with Crippen LogP contribution in [-0.2, 0) is 16.0 Å². The number of carbonyl (C=O) groups is 2. The van der Waals surface area contributed by atoms with Crippen molar-refractivity contribution >= 4 is 17.5 Å². The lowest BCUT2D eigenvalue weighted by molar-refractivity contribution is -0.128.